The number of hydrogen-bond acceptors (Lipinski definition) is 5. The van der Waals surface area contributed by atoms with Crippen LogP contribution in [0.3, 0.4) is 0 Å². The number of amides is 1. The number of cyclic esters (lactones) is 1. The van der Waals surface area contributed by atoms with Crippen molar-refractivity contribution < 1.29 is 24.2 Å². The quantitative estimate of drug-likeness (QED) is 0.778. The van der Waals surface area contributed by atoms with Crippen LogP contribution in [0, 0.1) is 0 Å². The number of nitrogens with one attached hydrogen (secondary N) is 1. The van der Waals surface area contributed by atoms with E-state index < -0.39 is 24.2 Å². The van der Waals surface area contributed by atoms with E-state index in [2.05, 4.69) is 5.32 Å². The molecule has 19 heavy (non-hydrogen) atoms. The maximum atomic E-state index is 11.5. The topological polar surface area (TPSA) is 84.9 Å². The van der Waals surface area contributed by atoms with Crippen LogP contribution >= 0.6 is 0 Å². The van der Waals surface area contributed by atoms with Gasteiger partial charge in [0.15, 0.2) is 0 Å². The third kappa shape index (κ3) is 3.69. The molecule has 0 aromatic heterocycles. The fourth-order valence-corrected chi connectivity index (χ4v) is 1.79. The molecule has 0 aliphatic carbocycles. The number of ether oxygens (including phenoxy) is 2. The van der Waals surface area contributed by atoms with Crippen molar-refractivity contribution in [1.29, 1.82) is 0 Å². The number of rotatable bonds is 4. The number of benzene rings is 1. The van der Waals surface area contributed by atoms with Gasteiger partial charge < -0.3 is 19.9 Å². The van der Waals surface area contributed by atoms with E-state index in [9.17, 15) is 9.59 Å². The Balaban J connectivity index is 1.77. The van der Waals surface area contributed by atoms with E-state index in [0.29, 0.717) is 0 Å². The monoisotopic (exact) mass is 265 g/mol. The molecule has 0 unspecified atom stereocenters. The second-order valence-electron chi connectivity index (χ2n) is 4.24. The van der Waals surface area contributed by atoms with Crippen LogP contribution in [0.15, 0.2) is 30.3 Å². The lowest BCUT2D eigenvalue weighted by Crippen LogP contribution is -2.38. The summed E-state index contributed by atoms with van der Waals surface area (Å²) in [6, 6.07) is 8.47. The van der Waals surface area contributed by atoms with Crippen molar-refractivity contribution in [2.45, 2.75) is 25.2 Å². The molecule has 1 aliphatic rings. The molecule has 2 N–H and O–H groups in total. The van der Waals surface area contributed by atoms with Crippen LogP contribution in [-0.2, 0) is 20.9 Å². The van der Waals surface area contributed by atoms with Crippen molar-refractivity contribution in [1.82, 2.24) is 5.32 Å². The Morgan fingerprint density at radius 1 is 1.42 bits per heavy atom. The Morgan fingerprint density at radius 3 is 2.79 bits per heavy atom. The van der Waals surface area contributed by atoms with E-state index in [-0.39, 0.29) is 19.6 Å². The number of esters is 1. The summed E-state index contributed by atoms with van der Waals surface area (Å²) in [6.07, 6.45) is -0.966. The van der Waals surface area contributed by atoms with E-state index >= 15 is 0 Å². The molecule has 6 nitrogen and oxygen atoms in total. The smallest absolute Gasteiger partial charge is 0.408 e. The zero-order valence-corrected chi connectivity index (χ0v) is 10.2. The molecule has 2 rings (SSSR count). The molecule has 1 saturated heterocycles. The second-order valence-corrected chi connectivity index (χ2v) is 4.24. The maximum Gasteiger partial charge on any atom is 0.408 e. The number of alkyl carbamates (subject to hydrolysis) is 1. The highest BCUT2D eigenvalue weighted by atomic mass is 16.6. The Morgan fingerprint density at radius 2 is 2.16 bits per heavy atom. The highest BCUT2D eigenvalue weighted by Crippen LogP contribution is 2.14. The van der Waals surface area contributed by atoms with Crippen LogP contribution in [0.1, 0.15) is 12.0 Å². The van der Waals surface area contributed by atoms with Gasteiger partial charge in [0, 0.05) is 6.42 Å². The summed E-state index contributed by atoms with van der Waals surface area (Å²) in [6.45, 7) is -0.110. The van der Waals surface area contributed by atoms with Gasteiger partial charge in [-0.3, -0.25) is 0 Å². The van der Waals surface area contributed by atoms with Gasteiger partial charge in [0.1, 0.15) is 18.8 Å². The van der Waals surface area contributed by atoms with Crippen molar-refractivity contribution in [3.05, 3.63) is 35.9 Å². The molecule has 1 heterocycles. The molecule has 1 amide bonds. The minimum atomic E-state index is -0.750. The van der Waals surface area contributed by atoms with Gasteiger partial charge in [-0.25, -0.2) is 9.59 Å². The molecule has 1 aromatic carbocycles. The van der Waals surface area contributed by atoms with Crippen LogP contribution in [0.4, 0.5) is 4.79 Å². The summed E-state index contributed by atoms with van der Waals surface area (Å²) in [5, 5.41) is 11.3. The van der Waals surface area contributed by atoms with Gasteiger partial charge in [-0.15, -0.1) is 0 Å². The molecule has 102 valence electrons. The van der Waals surface area contributed by atoms with Gasteiger partial charge in [0.05, 0.1) is 6.61 Å². The first-order valence-corrected chi connectivity index (χ1v) is 5.97. The first kappa shape index (κ1) is 13.4. The van der Waals surface area contributed by atoms with Crippen molar-refractivity contribution in [3.63, 3.8) is 0 Å². The molecule has 0 spiro atoms. The molecule has 6 heteroatoms. The number of hydrogen-bond donors (Lipinski definition) is 2. The first-order chi connectivity index (χ1) is 9.19. The van der Waals surface area contributed by atoms with E-state index in [4.69, 9.17) is 14.6 Å². The number of aliphatic hydroxyl groups is 1. The number of aliphatic hydroxyl groups excluding tert-OH is 1. The average molecular weight is 265 g/mol. The molecule has 1 aliphatic heterocycles. The number of carbonyl (C=O) groups is 2. The molecular formula is C13H15NO5. The summed E-state index contributed by atoms with van der Waals surface area (Å²) in [7, 11) is 0. The fraction of sp³-hybridized carbons (Fsp3) is 0.385. The van der Waals surface area contributed by atoms with E-state index in [1.54, 1.807) is 0 Å². The number of carbonyl (C=O) groups excluding carboxylic acids is 2. The predicted molar refractivity (Wildman–Crippen MR) is 65.1 cm³/mol. The van der Waals surface area contributed by atoms with Crippen LogP contribution in [0.2, 0.25) is 0 Å². The Labute approximate surface area is 110 Å². The summed E-state index contributed by atoms with van der Waals surface area (Å²) in [5.41, 5.74) is 0.861. The zero-order valence-electron chi connectivity index (χ0n) is 10.2. The third-order valence-electron chi connectivity index (χ3n) is 2.77. The molecule has 0 saturated carbocycles. The van der Waals surface area contributed by atoms with Crippen molar-refractivity contribution in [2.75, 3.05) is 6.61 Å². The van der Waals surface area contributed by atoms with Crippen molar-refractivity contribution in [3.8, 4) is 0 Å². The highest BCUT2D eigenvalue weighted by molar-refractivity contribution is 5.82. The second kappa shape index (κ2) is 6.19. The van der Waals surface area contributed by atoms with Gasteiger partial charge in [0.25, 0.3) is 0 Å². The highest BCUT2D eigenvalue weighted by Gasteiger charge is 2.35. The molecular weight excluding hydrogens is 250 g/mol. The van der Waals surface area contributed by atoms with E-state index in [1.165, 1.54) is 0 Å². The van der Waals surface area contributed by atoms with Gasteiger partial charge >= 0.3 is 12.1 Å². The van der Waals surface area contributed by atoms with Gasteiger partial charge in [-0.1, -0.05) is 30.3 Å². The summed E-state index contributed by atoms with van der Waals surface area (Å²) in [4.78, 5) is 22.9. The van der Waals surface area contributed by atoms with Crippen LogP contribution < -0.4 is 5.32 Å². The maximum absolute atomic E-state index is 11.5. The van der Waals surface area contributed by atoms with Crippen LogP contribution in [0.25, 0.3) is 0 Å². The fourth-order valence-electron chi connectivity index (χ4n) is 1.79. The summed E-state index contributed by atoms with van der Waals surface area (Å²) >= 11 is 0. The summed E-state index contributed by atoms with van der Waals surface area (Å²) < 4.78 is 9.81. The standard InChI is InChI=1S/C13H15NO5/c15-7-10-6-11(12(16)19-10)14-13(17)18-8-9-4-2-1-3-5-9/h1-5,10-11,15H,6-8H2,(H,14,17)/t10-,11-/m0/s1. The molecule has 1 fully saturated rings. The lowest BCUT2D eigenvalue weighted by Gasteiger charge is -2.09. The molecule has 0 radical (unpaired) electrons. The third-order valence-corrected chi connectivity index (χ3v) is 2.77. The Bertz CT molecular complexity index is 448. The molecule has 1 aromatic rings. The summed E-state index contributed by atoms with van der Waals surface area (Å²) in [5.74, 6) is -0.546. The van der Waals surface area contributed by atoms with E-state index in [1.807, 2.05) is 30.3 Å². The normalized spacial score (nSPS) is 21.8. The lowest BCUT2D eigenvalue weighted by molar-refractivity contribution is -0.144. The van der Waals surface area contributed by atoms with Crippen molar-refractivity contribution in [2.24, 2.45) is 0 Å². The predicted octanol–water partition coefficient (Wildman–Crippen LogP) is 0.589. The van der Waals surface area contributed by atoms with Crippen LogP contribution in [0.5, 0.6) is 0 Å². The Hall–Kier alpha value is -2.08. The first-order valence-electron chi connectivity index (χ1n) is 5.97. The SMILES string of the molecule is O=C(N[C@H]1C[C@@H](CO)OC1=O)OCc1ccccc1. The van der Waals surface area contributed by atoms with Gasteiger partial charge in [-0.05, 0) is 5.56 Å². The zero-order chi connectivity index (χ0) is 13.7. The average Bonchev–Trinajstić information content (AvgIpc) is 2.78. The molecule has 0 bridgehead atoms. The van der Waals surface area contributed by atoms with Gasteiger partial charge in [-0.2, -0.15) is 0 Å². The minimum Gasteiger partial charge on any atom is -0.458 e. The largest absolute Gasteiger partial charge is 0.458 e. The van der Waals surface area contributed by atoms with Gasteiger partial charge in [0.2, 0.25) is 0 Å². The van der Waals surface area contributed by atoms with Crippen LogP contribution in [-0.4, -0.2) is 35.9 Å². The van der Waals surface area contributed by atoms with E-state index in [0.717, 1.165) is 5.56 Å². The Kier molecular flexibility index (Phi) is 4.35. The molecule has 2 atom stereocenters. The lowest BCUT2D eigenvalue weighted by atomic mass is 10.2. The minimum absolute atomic E-state index is 0.137. The van der Waals surface area contributed by atoms with Crippen molar-refractivity contribution >= 4 is 12.1 Å².